The predicted octanol–water partition coefficient (Wildman–Crippen LogP) is -1.66. The third-order valence-electron chi connectivity index (χ3n) is 4.30. The van der Waals surface area contributed by atoms with Crippen LogP contribution in [0.2, 0.25) is 0 Å². The summed E-state index contributed by atoms with van der Waals surface area (Å²) in [4.78, 5) is 52.2. The molecule has 0 heterocycles. The Kier molecular flexibility index (Phi) is 14.9. The molecule has 0 aromatic heterocycles. The Morgan fingerprint density at radius 2 is 1.62 bits per heavy atom. The van der Waals surface area contributed by atoms with Crippen LogP contribution in [0.4, 0.5) is 0 Å². The molecule has 0 aliphatic rings. The molecule has 13 heteroatoms. The number of hydrogen-bond donors (Lipinski definition) is 7. The highest BCUT2D eigenvalue weighted by atomic mass is 32.2. The van der Waals surface area contributed by atoms with Gasteiger partial charge in [-0.15, -0.1) is 0 Å². The number of amides is 3. The summed E-state index contributed by atoms with van der Waals surface area (Å²) in [5, 5.41) is 16.3. The largest absolute Gasteiger partial charge is 0.480 e. The van der Waals surface area contributed by atoms with E-state index >= 15 is 0 Å². The molecule has 0 saturated carbocycles. The van der Waals surface area contributed by atoms with Gasteiger partial charge in [-0.25, -0.2) is 0 Å². The van der Waals surface area contributed by atoms with Crippen molar-refractivity contribution in [1.82, 2.24) is 16.0 Å². The van der Waals surface area contributed by atoms with Gasteiger partial charge < -0.3 is 38.3 Å². The van der Waals surface area contributed by atoms with Crippen LogP contribution in [-0.4, -0.2) is 78.0 Å². The molecule has 0 rings (SSSR count). The molecule has 3 amide bonds. The maximum Gasteiger partial charge on any atom is 0.322 e. The van der Waals surface area contributed by atoms with Crippen molar-refractivity contribution in [3.8, 4) is 0 Å². The summed E-state index contributed by atoms with van der Waals surface area (Å²) < 4.78 is 0. The van der Waals surface area contributed by atoms with Gasteiger partial charge in [-0.05, 0) is 43.6 Å². The standard InChI is InChI=1S/C19H37N7O5S/c1-11(2)9-14(17(30)24-10-15(27)28)26-18(31)13(6-8-32-3)25-16(29)12(20)5-4-7-23-19(21)22/h11-14H,4-10,20H2,1-3H3,(H,24,30)(H,25,29)(H,26,31)(H,27,28)(H4,21,22,23). The summed E-state index contributed by atoms with van der Waals surface area (Å²) in [6, 6.07) is -2.66. The van der Waals surface area contributed by atoms with E-state index in [1.807, 2.05) is 20.1 Å². The molecule has 0 fully saturated rings. The molecule has 32 heavy (non-hydrogen) atoms. The molecule has 3 atom stereocenters. The highest BCUT2D eigenvalue weighted by molar-refractivity contribution is 7.98. The van der Waals surface area contributed by atoms with E-state index < -0.39 is 48.4 Å². The van der Waals surface area contributed by atoms with Gasteiger partial charge >= 0.3 is 5.97 Å². The first-order chi connectivity index (χ1) is 15.0. The van der Waals surface area contributed by atoms with Crippen molar-refractivity contribution in [2.75, 3.05) is 25.1 Å². The zero-order valence-corrected chi connectivity index (χ0v) is 19.7. The van der Waals surface area contributed by atoms with Gasteiger partial charge in [-0.2, -0.15) is 11.8 Å². The van der Waals surface area contributed by atoms with E-state index in [0.717, 1.165) is 0 Å². The number of aliphatic imine (C=N–C) groups is 1. The number of nitrogens with one attached hydrogen (secondary N) is 3. The number of thioether (sulfide) groups is 1. The smallest absolute Gasteiger partial charge is 0.322 e. The summed E-state index contributed by atoms with van der Waals surface area (Å²) in [5.74, 6) is -2.19. The molecule has 0 aromatic carbocycles. The predicted molar refractivity (Wildman–Crippen MR) is 125 cm³/mol. The molecule has 10 N–H and O–H groups in total. The highest BCUT2D eigenvalue weighted by Crippen LogP contribution is 2.08. The van der Waals surface area contributed by atoms with E-state index in [1.54, 1.807) is 0 Å². The topological polar surface area (TPSA) is 215 Å². The van der Waals surface area contributed by atoms with E-state index in [9.17, 15) is 19.2 Å². The normalized spacial score (nSPS) is 13.5. The molecule has 0 saturated heterocycles. The number of carbonyl (C=O) groups excluding carboxylic acids is 3. The van der Waals surface area contributed by atoms with E-state index in [2.05, 4.69) is 20.9 Å². The minimum Gasteiger partial charge on any atom is -0.480 e. The summed E-state index contributed by atoms with van der Waals surface area (Å²) >= 11 is 1.50. The van der Waals surface area contributed by atoms with Crippen molar-refractivity contribution in [1.29, 1.82) is 0 Å². The number of aliphatic carboxylic acids is 1. The van der Waals surface area contributed by atoms with Gasteiger partial charge in [0.25, 0.3) is 0 Å². The van der Waals surface area contributed by atoms with E-state index in [-0.39, 0.29) is 11.9 Å². The summed E-state index contributed by atoms with van der Waals surface area (Å²) in [6.45, 7) is 3.53. The Morgan fingerprint density at radius 1 is 1.00 bits per heavy atom. The number of rotatable bonds is 16. The van der Waals surface area contributed by atoms with Crippen molar-refractivity contribution in [3.63, 3.8) is 0 Å². The second-order valence-corrected chi connectivity index (χ2v) is 8.69. The average Bonchev–Trinajstić information content (AvgIpc) is 2.70. The highest BCUT2D eigenvalue weighted by Gasteiger charge is 2.28. The van der Waals surface area contributed by atoms with E-state index in [4.69, 9.17) is 22.3 Å². The molecular weight excluding hydrogens is 438 g/mol. The van der Waals surface area contributed by atoms with Crippen LogP contribution >= 0.6 is 11.8 Å². The molecule has 0 bridgehead atoms. The fourth-order valence-corrected chi connectivity index (χ4v) is 3.17. The lowest BCUT2D eigenvalue weighted by Crippen LogP contribution is -2.56. The first-order valence-electron chi connectivity index (χ1n) is 10.4. The molecule has 0 spiro atoms. The van der Waals surface area contributed by atoms with Gasteiger partial charge in [0.1, 0.15) is 18.6 Å². The van der Waals surface area contributed by atoms with Crippen molar-refractivity contribution in [2.24, 2.45) is 28.1 Å². The summed E-state index contributed by atoms with van der Waals surface area (Å²) in [5.41, 5.74) is 16.4. The Hall–Kier alpha value is -2.54. The second kappa shape index (κ2) is 16.1. The number of nitrogens with zero attached hydrogens (tertiary/aromatic N) is 1. The fraction of sp³-hybridized carbons (Fsp3) is 0.737. The van der Waals surface area contributed by atoms with Crippen LogP contribution in [-0.2, 0) is 19.2 Å². The van der Waals surface area contributed by atoms with Crippen LogP contribution in [0, 0.1) is 5.92 Å². The lowest BCUT2D eigenvalue weighted by atomic mass is 10.0. The molecule has 12 nitrogen and oxygen atoms in total. The van der Waals surface area contributed by atoms with Crippen LogP contribution in [0.25, 0.3) is 0 Å². The van der Waals surface area contributed by atoms with Crippen molar-refractivity contribution < 1.29 is 24.3 Å². The Bertz CT molecular complexity index is 656. The number of nitrogens with two attached hydrogens (primary N) is 3. The van der Waals surface area contributed by atoms with E-state index in [1.165, 1.54) is 11.8 Å². The van der Waals surface area contributed by atoms with Crippen molar-refractivity contribution >= 4 is 41.4 Å². The molecule has 0 aliphatic carbocycles. The zero-order valence-electron chi connectivity index (χ0n) is 18.9. The number of guanidine groups is 1. The van der Waals surface area contributed by atoms with Gasteiger partial charge in [0, 0.05) is 6.54 Å². The van der Waals surface area contributed by atoms with E-state index in [0.29, 0.717) is 38.0 Å². The number of carboxylic acids is 1. The van der Waals surface area contributed by atoms with Gasteiger partial charge in [0.15, 0.2) is 5.96 Å². The van der Waals surface area contributed by atoms with Gasteiger partial charge in [0.2, 0.25) is 17.7 Å². The van der Waals surface area contributed by atoms with Crippen LogP contribution in [0.15, 0.2) is 4.99 Å². The van der Waals surface area contributed by atoms with Crippen LogP contribution < -0.4 is 33.2 Å². The van der Waals surface area contributed by atoms with Crippen LogP contribution in [0.1, 0.15) is 39.5 Å². The average molecular weight is 476 g/mol. The monoisotopic (exact) mass is 475 g/mol. The molecule has 0 aliphatic heterocycles. The third-order valence-corrected chi connectivity index (χ3v) is 4.95. The van der Waals surface area contributed by atoms with Gasteiger partial charge in [0.05, 0.1) is 6.04 Å². The van der Waals surface area contributed by atoms with Crippen LogP contribution in [0.3, 0.4) is 0 Å². The number of carbonyl (C=O) groups is 4. The lowest BCUT2D eigenvalue weighted by molar-refractivity contribution is -0.138. The zero-order chi connectivity index (χ0) is 24.7. The maximum atomic E-state index is 12.9. The molecule has 3 unspecified atom stereocenters. The quantitative estimate of drug-likeness (QED) is 0.0771. The van der Waals surface area contributed by atoms with Crippen molar-refractivity contribution in [3.05, 3.63) is 0 Å². The van der Waals surface area contributed by atoms with Gasteiger partial charge in [-0.3, -0.25) is 24.2 Å². The lowest BCUT2D eigenvalue weighted by Gasteiger charge is -2.25. The maximum absolute atomic E-state index is 12.9. The minimum absolute atomic E-state index is 0.0415. The van der Waals surface area contributed by atoms with Gasteiger partial charge in [-0.1, -0.05) is 13.8 Å². The first-order valence-corrected chi connectivity index (χ1v) is 11.8. The Balaban J connectivity index is 5.09. The molecule has 184 valence electrons. The first kappa shape index (κ1) is 29.5. The second-order valence-electron chi connectivity index (χ2n) is 7.70. The molecule has 0 radical (unpaired) electrons. The Labute approximate surface area is 192 Å². The van der Waals surface area contributed by atoms with Crippen molar-refractivity contribution in [2.45, 2.75) is 57.7 Å². The Morgan fingerprint density at radius 3 is 2.16 bits per heavy atom. The number of hydrogen-bond acceptors (Lipinski definition) is 7. The fourth-order valence-electron chi connectivity index (χ4n) is 2.69. The summed E-state index contributed by atoms with van der Waals surface area (Å²) in [7, 11) is 0. The molecule has 0 aromatic rings. The minimum atomic E-state index is -1.19. The number of carboxylic acid groups (broad SMARTS) is 1. The third kappa shape index (κ3) is 13.7. The summed E-state index contributed by atoms with van der Waals surface area (Å²) in [6.07, 6.45) is 3.34. The molecular formula is C19H37N7O5S. The van der Waals surface area contributed by atoms with Crippen LogP contribution in [0.5, 0.6) is 0 Å². The SMILES string of the molecule is CSCCC(NC(=O)C(N)CCCN=C(N)N)C(=O)NC(CC(C)C)C(=O)NCC(=O)O.